The van der Waals surface area contributed by atoms with E-state index in [1.807, 2.05) is 77.4 Å². The number of benzene rings is 3. The van der Waals surface area contributed by atoms with Crippen molar-refractivity contribution in [2.75, 3.05) is 0 Å². The fourth-order valence-corrected chi connectivity index (χ4v) is 3.69. The lowest BCUT2D eigenvalue weighted by atomic mass is 10.1. The predicted octanol–water partition coefficient (Wildman–Crippen LogP) is 5.69. The molecular weight excluding hydrogens is 474 g/mol. The van der Waals surface area contributed by atoms with Crippen molar-refractivity contribution in [3.8, 4) is 5.75 Å². The number of hydrogen-bond acceptors (Lipinski definition) is 4. The number of aromatic nitrogens is 3. The molecule has 156 valence electrons. The first-order valence-electron chi connectivity index (χ1n) is 9.77. The van der Waals surface area contributed by atoms with E-state index in [0.717, 1.165) is 15.8 Å². The molecule has 0 aliphatic rings. The van der Waals surface area contributed by atoms with E-state index >= 15 is 0 Å². The monoisotopic (exact) mass is 493 g/mol. The van der Waals surface area contributed by atoms with Gasteiger partial charge in [-0.25, -0.2) is 4.68 Å². The number of nitrogens with zero attached hydrogens (tertiary/aromatic N) is 3. The molecular formula is C24H20BrN3O2S. The van der Waals surface area contributed by atoms with Crippen LogP contribution in [-0.2, 0) is 19.7 Å². The maximum absolute atomic E-state index is 12.8. The Morgan fingerprint density at radius 3 is 2.26 bits per heavy atom. The van der Waals surface area contributed by atoms with Crippen LogP contribution in [0.1, 0.15) is 21.7 Å². The lowest BCUT2D eigenvalue weighted by Gasteiger charge is -2.08. The second kappa shape index (κ2) is 9.85. The van der Waals surface area contributed by atoms with Crippen LogP contribution in [0.4, 0.5) is 0 Å². The van der Waals surface area contributed by atoms with Crippen molar-refractivity contribution < 1.29 is 9.53 Å². The summed E-state index contributed by atoms with van der Waals surface area (Å²) in [5.74, 6) is 1.37. The Morgan fingerprint density at radius 1 is 0.935 bits per heavy atom. The van der Waals surface area contributed by atoms with Crippen LogP contribution in [-0.4, -0.2) is 20.1 Å². The number of ether oxygens (including phenoxy) is 1. The van der Waals surface area contributed by atoms with Gasteiger partial charge in [0.25, 0.3) is 0 Å². The molecule has 0 spiro atoms. The summed E-state index contributed by atoms with van der Waals surface area (Å²) in [6, 6.07) is 26.8. The molecule has 0 bridgehead atoms. The van der Waals surface area contributed by atoms with Gasteiger partial charge >= 0.3 is 0 Å². The van der Waals surface area contributed by atoms with Gasteiger partial charge in [-0.2, -0.15) is 5.10 Å². The highest BCUT2D eigenvalue weighted by Gasteiger charge is 2.15. The predicted molar refractivity (Wildman–Crippen MR) is 126 cm³/mol. The fourth-order valence-electron chi connectivity index (χ4n) is 3.15. The Morgan fingerprint density at radius 2 is 1.58 bits per heavy atom. The van der Waals surface area contributed by atoms with E-state index in [4.69, 9.17) is 17.0 Å². The van der Waals surface area contributed by atoms with Crippen LogP contribution in [0.3, 0.4) is 0 Å². The number of para-hydroxylation sites is 1. The van der Waals surface area contributed by atoms with E-state index in [2.05, 4.69) is 21.0 Å². The molecule has 31 heavy (non-hydrogen) atoms. The molecule has 0 radical (unpaired) electrons. The third kappa shape index (κ3) is 5.37. The number of carbonyl (C=O) groups is 1. The maximum Gasteiger partial charge on any atom is 0.198 e. The van der Waals surface area contributed by atoms with Gasteiger partial charge in [-0.05, 0) is 42.0 Å². The smallest absolute Gasteiger partial charge is 0.198 e. The van der Waals surface area contributed by atoms with Crippen LogP contribution >= 0.6 is 28.1 Å². The van der Waals surface area contributed by atoms with Crippen LogP contribution in [0.2, 0.25) is 0 Å². The van der Waals surface area contributed by atoms with Crippen molar-refractivity contribution in [2.24, 2.45) is 0 Å². The molecule has 0 amide bonds. The van der Waals surface area contributed by atoms with Gasteiger partial charge < -0.3 is 4.74 Å². The Hall–Kier alpha value is -3.03. The zero-order chi connectivity index (χ0) is 21.6. The summed E-state index contributed by atoms with van der Waals surface area (Å²) >= 11 is 9.07. The number of hydrogen-bond donors (Lipinski definition) is 0. The summed E-state index contributed by atoms with van der Waals surface area (Å²) in [5.41, 5.74) is 1.71. The van der Waals surface area contributed by atoms with Gasteiger partial charge in [-0.15, -0.1) is 0 Å². The normalized spacial score (nSPS) is 10.7. The quantitative estimate of drug-likeness (QED) is 0.233. The minimum atomic E-state index is -0.0523. The van der Waals surface area contributed by atoms with Gasteiger partial charge in [-0.3, -0.25) is 9.36 Å². The van der Waals surface area contributed by atoms with Crippen molar-refractivity contribution in [3.63, 3.8) is 0 Å². The average Bonchev–Trinajstić information content (AvgIpc) is 3.08. The number of halogens is 1. The van der Waals surface area contributed by atoms with Gasteiger partial charge in [0, 0.05) is 10.0 Å². The third-order valence-corrected chi connectivity index (χ3v) is 5.71. The average molecular weight is 494 g/mol. The van der Waals surface area contributed by atoms with E-state index in [1.54, 1.807) is 16.8 Å². The molecule has 0 saturated carbocycles. The summed E-state index contributed by atoms with van der Waals surface area (Å²) in [6.45, 7) is 0.875. The number of rotatable bonds is 8. The zero-order valence-corrected chi connectivity index (χ0v) is 19.1. The lowest BCUT2D eigenvalue weighted by molar-refractivity contribution is 0.0966. The molecule has 3 aromatic carbocycles. The molecule has 0 atom stereocenters. The standard InChI is InChI=1S/C24H20BrN3O2S/c25-20-13-11-19(12-14-20)22(29)16-28-24(31)27(15-18-7-3-1-4-8-18)23(26-28)17-30-21-9-5-2-6-10-21/h1-14H,15-17H2. The molecule has 1 aromatic heterocycles. The second-order valence-corrected chi connectivity index (χ2v) is 8.24. The molecule has 0 fully saturated rings. The maximum atomic E-state index is 12.8. The SMILES string of the molecule is O=C(Cn1nc(COc2ccccc2)n(Cc2ccccc2)c1=S)c1ccc(Br)cc1. The molecule has 1 heterocycles. The number of ketones is 1. The highest BCUT2D eigenvalue weighted by atomic mass is 79.9. The molecule has 5 nitrogen and oxygen atoms in total. The van der Waals surface area contributed by atoms with Crippen LogP contribution in [0.15, 0.2) is 89.4 Å². The first kappa shape index (κ1) is 21.2. The molecule has 0 unspecified atom stereocenters. The Balaban J connectivity index is 1.61. The third-order valence-electron chi connectivity index (χ3n) is 4.75. The van der Waals surface area contributed by atoms with E-state index < -0.39 is 0 Å². The van der Waals surface area contributed by atoms with Crippen LogP contribution in [0, 0.1) is 4.77 Å². The van der Waals surface area contributed by atoms with E-state index in [1.165, 1.54) is 0 Å². The van der Waals surface area contributed by atoms with E-state index in [0.29, 0.717) is 22.7 Å². The highest BCUT2D eigenvalue weighted by molar-refractivity contribution is 9.10. The minimum absolute atomic E-state index is 0.0523. The fraction of sp³-hybridized carbons (Fsp3) is 0.125. The summed E-state index contributed by atoms with van der Waals surface area (Å²) in [5, 5.41) is 4.62. The first-order chi connectivity index (χ1) is 15.1. The van der Waals surface area contributed by atoms with Crippen molar-refractivity contribution in [2.45, 2.75) is 19.7 Å². The molecule has 7 heteroatoms. The Bertz CT molecular complexity index is 1220. The summed E-state index contributed by atoms with van der Waals surface area (Å²) < 4.78 is 10.8. The Kier molecular flexibility index (Phi) is 6.74. The molecule has 0 aliphatic heterocycles. The largest absolute Gasteiger partial charge is 0.486 e. The van der Waals surface area contributed by atoms with E-state index in [9.17, 15) is 4.79 Å². The van der Waals surface area contributed by atoms with Crippen molar-refractivity contribution in [3.05, 3.63) is 111 Å². The topological polar surface area (TPSA) is 49.1 Å². The van der Waals surface area contributed by atoms with Crippen molar-refractivity contribution in [1.82, 2.24) is 14.3 Å². The van der Waals surface area contributed by atoms with Crippen molar-refractivity contribution in [1.29, 1.82) is 0 Å². The second-order valence-electron chi connectivity index (χ2n) is 6.96. The first-order valence-corrected chi connectivity index (χ1v) is 11.0. The van der Waals surface area contributed by atoms with Crippen LogP contribution < -0.4 is 4.74 Å². The van der Waals surface area contributed by atoms with Gasteiger partial charge in [0.15, 0.2) is 16.4 Å². The molecule has 0 saturated heterocycles. The zero-order valence-electron chi connectivity index (χ0n) is 16.6. The van der Waals surface area contributed by atoms with Gasteiger partial charge in [0.2, 0.25) is 0 Å². The van der Waals surface area contributed by atoms with Crippen LogP contribution in [0.25, 0.3) is 0 Å². The summed E-state index contributed by atoms with van der Waals surface area (Å²) in [7, 11) is 0. The molecule has 0 aliphatic carbocycles. The number of Topliss-reactive ketones (excluding diaryl/α,β-unsaturated/α-hetero) is 1. The van der Waals surface area contributed by atoms with Gasteiger partial charge in [0.1, 0.15) is 18.9 Å². The summed E-state index contributed by atoms with van der Waals surface area (Å²) in [4.78, 5) is 12.8. The molecule has 4 rings (SSSR count). The van der Waals surface area contributed by atoms with E-state index in [-0.39, 0.29) is 18.9 Å². The number of carbonyl (C=O) groups excluding carboxylic acids is 1. The summed E-state index contributed by atoms with van der Waals surface area (Å²) in [6.07, 6.45) is 0. The molecule has 0 N–H and O–H groups in total. The molecule has 4 aromatic rings. The van der Waals surface area contributed by atoms with Gasteiger partial charge in [0.05, 0.1) is 6.54 Å². The van der Waals surface area contributed by atoms with Crippen molar-refractivity contribution >= 4 is 33.9 Å². The lowest BCUT2D eigenvalue weighted by Crippen LogP contribution is -2.12. The highest BCUT2D eigenvalue weighted by Crippen LogP contribution is 2.15. The van der Waals surface area contributed by atoms with Crippen LogP contribution in [0.5, 0.6) is 5.75 Å². The van der Waals surface area contributed by atoms with Gasteiger partial charge in [-0.1, -0.05) is 76.6 Å². The Labute approximate surface area is 194 Å². The minimum Gasteiger partial charge on any atom is -0.486 e.